The highest BCUT2D eigenvalue weighted by molar-refractivity contribution is 6.03. The van der Waals surface area contributed by atoms with Crippen LogP contribution >= 0.6 is 0 Å². The highest BCUT2D eigenvalue weighted by Crippen LogP contribution is 2.27. The van der Waals surface area contributed by atoms with Gasteiger partial charge in [0.05, 0.1) is 12.1 Å². The van der Waals surface area contributed by atoms with Gasteiger partial charge < -0.3 is 10.6 Å². The predicted molar refractivity (Wildman–Crippen MR) is 48.1 cm³/mol. The van der Waals surface area contributed by atoms with Crippen molar-refractivity contribution in [1.82, 2.24) is 0 Å². The van der Waals surface area contributed by atoms with E-state index in [9.17, 15) is 4.79 Å². The summed E-state index contributed by atoms with van der Waals surface area (Å²) in [4.78, 5) is 15.4. The van der Waals surface area contributed by atoms with E-state index in [-0.39, 0.29) is 5.97 Å². The lowest BCUT2D eigenvalue weighted by Gasteiger charge is -2.24. The van der Waals surface area contributed by atoms with Crippen molar-refractivity contribution in [1.29, 1.82) is 0 Å². The molecule has 0 bridgehead atoms. The second-order valence-corrected chi connectivity index (χ2v) is 3.83. The number of carbonyl (C=O) groups is 1. The van der Waals surface area contributed by atoms with Gasteiger partial charge in [-0.25, -0.2) is 4.79 Å². The number of carbonyl (C=O) groups excluding carboxylic acids is 1. The van der Waals surface area contributed by atoms with Gasteiger partial charge in [0.2, 0.25) is 0 Å². The van der Waals surface area contributed by atoms with Crippen molar-refractivity contribution in [2.45, 2.75) is 38.1 Å². The summed E-state index contributed by atoms with van der Waals surface area (Å²) < 4.78 is 0. The number of hydrogen-bond acceptors (Lipinski definition) is 4. The van der Waals surface area contributed by atoms with E-state index in [0.717, 1.165) is 31.4 Å². The van der Waals surface area contributed by atoms with E-state index in [1.807, 2.05) is 0 Å². The van der Waals surface area contributed by atoms with Crippen LogP contribution in [0, 0.1) is 5.92 Å². The molecule has 1 aliphatic heterocycles. The zero-order chi connectivity index (χ0) is 9.26. The molecule has 2 N–H and O–H groups in total. The van der Waals surface area contributed by atoms with E-state index in [1.165, 1.54) is 0 Å². The van der Waals surface area contributed by atoms with Crippen LogP contribution < -0.4 is 5.73 Å². The molecule has 72 valence electrons. The van der Waals surface area contributed by atoms with Crippen molar-refractivity contribution in [3.8, 4) is 0 Å². The van der Waals surface area contributed by atoms with Gasteiger partial charge >= 0.3 is 5.97 Å². The number of nitrogens with two attached hydrogens (primary N) is 1. The van der Waals surface area contributed by atoms with Crippen molar-refractivity contribution in [3.63, 3.8) is 0 Å². The Bertz CT molecular complexity index is 242. The molecular formula is C9H14N2O2. The van der Waals surface area contributed by atoms with Crippen molar-refractivity contribution >= 4 is 11.7 Å². The SMILES string of the molecule is NC1CCC(C2=NOC(=O)C2)CC1. The molecule has 1 saturated carbocycles. The van der Waals surface area contributed by atoms with Gasteiger partial charge in [0.25, 0.3) is 0 Å². The Kier molecular flexibility index (Phi) is 2.31. The Morgan fingerprint density at radius 1 is 1.31 bits per heavy atom. The van der Waals surface area contributed by atoms with E-state index in [0.29, 0.717) is 18.4 Å². The fraction of sp³-hybridized carbons (Fsp3) is 0.778. The summed E-state index contributed by atoms with van der Waals surface area (Å²) in [7, 11) is 0. The molecule has 1 fully saturated rings. The molecule has 0 aromatic heterocycles. The van der Waals surface area contributed by atoms with Gasteiger partial charge in [-0.2, -0.15) is 0 Å². The minimum Gasteiger partial charge on any atom is -0.328 e. The molecule has 2 rings (SSSR count). The number of nitrogens with zero attached hydrogens (tertiary/aromatic N) is 1. The third-order valence-electron chi connectivity index (χ3n) is 2.83. The molecule has 2 aliphatic rings. The third kappa shape index (κ3) is 1.88. The van der Waals surface area contributed by atoms with E-state index in [4.69, 9.17) is 5.73 Å². The van der Waals surface area contributed by atoms with Crippen LogP contribution in [0.25, 0.3) is 0 Å². The summed E-state index contributed by atoms with van der Waals surface area (Å²) in [5, 5.41) is 3.79. The summed E-state index contributed by atoms with van der Waals surface area (Å²) in [5.74, 6) is 0.219. The van der Waals surface area contributed by atoms with Crippen LogP contribution in [-0.4, -0.2) is 17.7 Å². The molecule has 1 aliphatic carbocycles. The summed E-state index contributed by atoms with van der Waals surface area (Å²) >= 11 is 0. The number of hydrogen-bond donors (Lipinski definition) is 1. The van der Waals surface area contributed by atoms with Gasteiger partial charge in [0.1, 0.15) is 0 Å². The minimum atomic E-state index is -0.218. The molecule has 0 unspecified atom stereocenters. The van der Waals surface area contributed by atoms with Gasteiger partial charge in [0.15, 0.2) is 0 Å². The van der Waals surface area contributed by atoms with Gasteiger partial charge in [-0.3, -0.25) is 0 Å². The normalized spacial score (nSPS) is 34.2. The molecule has 4 nitrogen and oxygen atoms in total. The second kappa shape index (κ2) is 3.46. The van der Waals surface area contributed by atoms with Crippen LogP contribution in [0.5, 0.6) is 0 Å². The molecule has 0 aromatic rings. The third-order valence-corrected chi connectivity index (χ3v) is 2.83. The standard InChI is InChI=1S/C9H14N2O2/c10-7-3-1-6(2-4-7)8-5-9(12)13-11-8/h6-7H,1-5,10H2. The first-order valence-electron chi connectivity index (χ1n) is 4.78. The van der Waals surface area contributed by atoms with Gasteiger partial charge in [-0.15, -0.1) is 0 Å². The Morgan fingerprint density at radius 2 is 2.00 bits per heavy atom. The molecule has 0 atom stereocenters. The molecule has 0 amide bonds. The van der Waals surface area contributed by atoms with Crippen molar-refractivity contribution in [2.24, 2.45) is 16.8 Å². The van der Waals surface area contributed by atoms with Crippen LogP contribution in [0.3, 0.4) is 0 Å². The maximum Gasteiger partial charge on any atom is 0.340 e. The molecule has 0 saturated heterocycles. The smallest absolute Gasteiger partial charge is 0.328 e. The maximum absolute atomic E-state index is 10.8. The first-order chi connectivity index (χ1) is 6.25. The average Bonchev–Trinajstić information content (AvgIpc) is 2.53. The average molecular weight is 182 g/mol. The van der Waals surface area contributed by atoms with Crippen LogP contribution in [0.4, 0.5) is 0 Å². The van der Waals surface area contributed by atoms with Gasteiger partial charge in [-0.1, -0.05) is 5.16 Å². The quantitative estimate of drug-likeness (QED) is 0.610. The minimum absolute atomic E-state index is 0.218. The molecule has 0 radical (unpaired) electrons. The number of rotatable bonds is 1. The zero-order valence-corrected chi connectivity index (χ0v) is 7.53. The molecule has 13 heavy (non-hydrogen) atoms. The van der Waals surface area contributed by atoms with Crippen LogP contribution in [0.2, 0.25) is 0 Å². The molecule has 4 heteroatoms. The van der Waals surface area contributed by atoms with Crippen molar-refractivity contribution in [2.75, 3.05) is 0 Å². The zero-order valence-electron chi connectivity index (χ0n) is 7.53. The van der Waals surface area contributed by atoms with Gasteiger partial charge in [0, 0.05) is 12.0 Å². The highest BCUT2D eigenvalue weighted by Gasteiger charge is 2.28. The number of oxime groups is 1. The fourth-order valence-corrected chi connectivity index (χ4v) is 1.99. The summed E-state index contributed by atoms with van der Waals surface area (Å²) in [6.45, 7) is 0. The Morgan fingerprint density at radius 3 is 2.54 bits per heavy atom. The van der Waals surface area contributed by atoms with Crippen molar-refractivity contribution < 1.29 is 9.63 Å². The maximum atomic E-state index is 10.8. The predicted octanol–water partition coefficient (Wildman–Crippen LogP) is 0.807. The molecule has 0 aromatic carbocycles. The van der Waals surface area contributed by atoms with E-state index in [2.05, 4.69) is 9.99 Å². The Hall–Kier alpha value is -0.900. The molecule has 1 heterocycles. The van der Waals surface area contributed by atoms with Crippen molar-refractivity contribution in [3.05, 3.63) is 0 Å². The van der Waals surface area contributed by atoms with E-state index in [1.54, 1.807) is 0 Å². The van der Waals surface area contributed by atoms with Gasteiger partial charge in [-0.05, 0) is 25.7 Å². The van der Waals surface area contributed by atoms with E-state index >= 15 is 0 Å². The van der Waals surface area contributed by atoms with Crippen LogP contribution in [0.1, 0.15) is 32.1 Å². The fourth-order valence-electron chi connectivity index (χ4n) is 1.99. The summed E-state index contributed by atoms with van der Waals surface area (Å²) in [6, 6.07) is 0.342. The lowest BCUT2D eigenvalue weighted by Crippen LogP contribution is -2.29. The Balaban J connectivity index is 1.91. The molecular weight excluding hydrogens is 168 g/mol. The first kappa shape index (κ1) is 8.69. The second-order valence-electron chi connectivity index (χ2n) is 3.83. The summed E-state index contributed by atoms with van der Waals surface area (Å²) in [5.41, 5.74) is 6.71. The molecule has 0 spiro atoms. The topological polar surface area (TPSA) is 64.7 Å². The van der Waals surface area contributed by atoms with Crippen LogP contribution in [0.15, 0.2) is 5.16 Å². The van der Waals surface area contributed by atoms with E-state index < -0.39 is 0 Å². The van der Waals surface area contributed by atoms with Crippen LogP contribution in [-0.2, 0) is 9.63 Å². The first-order valence-corrected chi connectivity index (χ1v) is 4.78. The lowest BCUT2D eigenvalue weighted by molar-refractivity contribution is -0.140. The monoisotopic (exact) mass is 182 g/mol. The lowest BCUT2D eigenvalue weighted by atomic mass is 9.83. The summed E-state index contributed by atoms with van der Waals surface area (Å²) in [6.07, 6.45) is 4.57. The largest absolute Gasteiger partial charge is 0.340 e. The Labute approximate surface area is 77.1 Å². The highest BCUT2D eigenvalue weighted by atomic mass is 16.7.